The molecule has 0 aliphatic carbocycles. The highest BCUT2D eigenvalue weighted by molar-refractivity contribution is 6.42. The van der Waals surface area contributed by atoms with Crippen molar-refractivity contribution in [2.75, 3.05) is 6.61 Å². The summed E-state index contributed by atoms with van der Waals surface area (Å²) in [6.45, 7) is 7.44. The molecule has 0 aliphatic rings. The molecular weight excluding hydrogens is 411 g/mol. The van der Waals surface area contributed by atoms with Gasteiger partial charge in [0.2, 0.25) is 5.91 Å². The van der Waals surface area contributed by atoms with E-state index in [1.807, 2.05) is 32.9 Å². The molecule has 0 heterocycles. The lowest BCUT2D eigenvalue weighted by molar-refractivity contribution is -0.142. The van der Waals surface area contributed by atoms with Crippen LogP contribution in [0.15, 0.2) is 42.5 Å². The lowest BCUT2D eigenvalue weighted by Gasteiger charge is -2.29. The third-order valence-corrected chi connectivity index (χ3v) is 5.06. The summed E-state index contributed by atoms with van der Waals surface area (Å²) in [5, 5.41) is 3.67. The summed E-state index contributed by atoms with van der Waals surface area (Å²) < 4.78 is 5.63. The summed E-state index contributed by atoms with van der Waals surface area (Å²) in [6.07, 6.45) is 0. The number of aryl methyl sites for hydroxylation is 1. The van der Waals surface area contributed by atoms with E-state index < -0.39 is 6.04 Å². The maximum atomic E-state index is 12.9. The van der Waals surface area contributed by atoms with E-state index in [1.165, 1.54) is 4.90 Å². The molecule has 29 heavy (non-hydrogen) atoms. The van der Waals surface area contributed by atoms with Crippen LogP contribution in [-0.4, -0.2) is 35.4 Å². The van der Waals surface area contributed by atoms with Gasteiger partial charge in [0.15, 0.2) is 6.61 Å². The molecule has 0 aliphatic heterocycles. The number of halogens is 2. The monoisotopic (exact) mass is 436 g/mol. The number of amides is 2. The fraction of sp³-hybridized carbons (Fsp3) is 0.364. The lowest BCUT2D eigenvalue weighted by Crippen LogP contribution is -2.50. The molecule has 0 spiro atoms. The lowest BCUT2D eigenvalue weighted by atomic mass is 10.1. The molecule has 0 aromatic heterocycles. The number of nitrogens with zero attached hydrogens (tertiary/aromatic N) is 1. The van der Waals surface area contributed by atoms with Crippen molar-refractivity contribution in [2.24, 2.45) is 0 Å². The van der Waals surface area contributed by atoms with Gasteiger partial charge >= 0.3 is 0 Å². The smallest absolute Gasteiger partial charge is 0.261 e. The quantitative estimate of drug-likeness (QED) is 0.656. The van der Waals surface area contributed by atoms with Crippen molar-refractivity contribution in [3.8, 4) is 5.75 Å². The first-order chi connectivity index (χ1) is 13.7. The molecule has 0 unspecified atom stereocenters. The van der Waals surface area contributed by atoms with Crippen molar-refractivity contribution in [1.29, 1.82) is 0 Å². The van der Waals surface area contributed by atoms with Gasteiger partial charge < -0.3 is 15.0 Å². The molecule has 156 valence electrons. The number of carbonyl (C=O) groups is 2. The topological polar surface area (TPSA) is 58.6 Å². The predicted octanol–water partition coefficient (Wildman–Crippen LogP) is 4.62. The van der Waals surface area contributed by atoms with Crippen LogP contribution in [0.3, 0.4) is 0 Å². The standard InChI is InChI=1S/C22H26Cl2N2O3/c1-14(2)25-22(28)16(4)26(12-17-7-10-19(23)20(24)11-17)21(27)13-29-18-8-5-15(3)6-9-18/h5-11,14,16H,12-13H2,1-4H3,(H,25,28)/t16-/m1/s1. The Balaban J connectivity index is 2.17. The molecule has 0 bridgehead atoms. The molecule has 0 saturated carbocycles. The molecule has 0 saturated heterocycles. The Morgan fingerprint density at radius 1 is 1.03 bits per heavy atom. The van der Waals surface area contributed by atoms with E-state index in [9.17, 15) is 9.59 Å². The second-order valence-electron chi connectivity index (χ2n) is 7.21. The summed E-state index contributed by atoms with van der Waals surface area (Å²) in [5.74, 6) is 0.0597. The van der Waals surface area contributed by atoms with Crippen LogP contribution in [0.5, 0.6) is 5.75 Å². The van der Waals surface area contributed by atoms with Gasteiger partial charge in [-0.15, -0.1) is 0 Å². The number of hydrogen-bond donors (Lipinski definition) is 1. The Morgan fingerprint density at radius 2 is 1.69 bits per heavy atom. The fourth-order valence-corrected chi connectivity index (χ4v) is 3.01. The third-order valence-electron chi connectivity index (χ3n) is 4.32. The van der Waals surface area contributed by atoms with Crippen molar-refractivity contribution in [1.82, 2.24) is 10.2 Å². The number of hydrogen-bond acceptors (Lipinski definition) is 3. The van der Waals surface area contributed by atoms with Crippen molar-refractivity contribution >= 4 is 35.0 Å². The maximum absolute atomic E-state index is 12.9. The normalized spacial score (nSPS) is 11.8. The molecule has 1 atom stereocenters. The molecule has 1 N–H and O–H groups in total. The Kier molecular flexibility index (Phi) is 8.35. The minimum Gasteiger partial charge on any atom is -0.484 e. The van der Waals surface area contributed by atoms with E-state index in [0.717, 1.165) is 11.1 Å². The van der Waals surface area contributed by atoms with Crippen molar-refractivity contribution < 1.29 is 14.3 Å². The zero-order valence-corrected chi connectivity index (χ0v) is 18.6. The number of carbonyl (C=O) groups excluding carboxylic acids is 2. The van der Waals surface area contributed by atoms with Crippen molar-refractivity contribution in [2.45, 2.75) is 46.3 Å². The molecule has 2 rings (SSSR count). The molecule has 7 heteroatoms. The van der Waals surface area contributed by atoms with Gasteiger partial charge in [0.25, 0.3) is 5.91 Å². The van der Waals surface area contributed by atoms with Crippen LogP contribution in [0.2, 0.25) is 10.0 Å². The number of ether oxygens (including phenoxy) is 1. The van der Waals surface area contributed by atoms with E-state index in [-0.39, 0.29) is 31.0 Å². The zero-order valence-electron chi connectivity index (χ0n) is 17.0. The van der Waals surface area contributed by atoms with Crippen LogP contribution in [0, 0.1) is 6.92 Å². The minimum atomic E-state index is -0.680. The van der Waals surface area contributed by atoms with E-state index in [2.05, 4.69) is 5.32 Å². The molecule has 2 aromatic rings. The van der Waals surface area contributed by atoms with Crippen molar-refractivity contribution in [3.05, 3.63) is 63.6 Å². The second-order valence-corrected chi connectivity index (χ2v) is 8.03. The maximum Gasteiger partial charge on any atom is 0.261 e. The second kappa shape index (κ2) is 10.5. The van der Waals surface area contributed by atoms with E-state index in [0.29, 0.717) is 15.8 Å². The first kappa shape index (κ1) is 23.0. The summed E-state index contributed by atoms with van der Waals surface area (Å²) in [5.41, 5.74) is 1.87. The van der Waals surface area contributed by atoms with Crippen LogP contribution in [0.25, 0.3) is 0 Å². The Morgan fingerprint density at radius 3 is 2.28 bits per heavy atom. The predicted molar refractivity (Wildman–Crippen MR) is 116 cm³/mol. The highest BCUT2D eigenvalue weighted by Gasteiger charge is 2.27. The molecule has 2 amide bonds. The average molecular weight is 437 g/mol. The van der Waals surface area contributed by atoms with Gasteiger partial charge in [0.1, 0.15) is 11.8 Å². The SMILES string of the molecule is Cc1ccc(OCC(=O)N(Cc2ccc(Cl)c(Cl)c2)[C@H](C)C(=O)NC(C)C)cc1. The van der Waals surface area contributed by atoms with Gasteiger partial charge in [0.05, 0.1) is 10.0 Å². The van der Waals surface area contributed by atoms with Crippen LogP contribution < -0.4 is 10.1 Å². The van der Waals surface area contributed by atoms with Gasteiger partial charge in [-0.2, -0.15) is 0 Å². The molecule has 2 aromatic carbocycles. The summed E-state index contributed by atoms with van der Waals surface area (Å²) in [4.78, 5) is 26.9. The van der Waals surface area contributed by atoms with Crippen LogP contribution in [0.1, 0.15) is 31.9 Å². The number of rotatable bonds is 8. The summed E-state index contributed by atoms with van der Waals surface area (Å²) in [7, 11) is 0. The van der Waals surface area contributed by atoms with Gasteiger partial charge in [-0.05, 0) is 57.5 Å². The Bertz CT molecular complexity index is 854. The van der Waals surface area contributed by atoms with Gasteiger partial charge in [0, 0.05) is 12.6 Å². The Hall–Kier alpha value is -2.24. The number of nitrogens with one attached hydrogen (secondary N) is 1. The fourth-order valence-electron chi connectivity index (χ4n) is 2.68. The molecule has 0 radical (unpaired) electrons. The molecule has 0 fully saturated rings. The van der Waals surface area contributed by atoms with Gasteiger partial charge in [-0.25, -0.2) is 0 Å². The minimum absolute atomic E-state index is 0.0318. The largest absolute Gasteiger partial charge is 0.484 e. The summed E-state index contributed by atoms with van der Waals surface area (Å²) in [6, 6.07) is 11.9. The Labute approximate surface area is 181 Å². The van der Waals surface area contributed by atoms with Crippen LogP contribution in [0.4, 0.5) is 0 Å². The summed E-state index contributed by atoms with van der Waals surface area (Å²) >= 11 is 12.1. The molecular formula is C22H26Cl2N2O3. The first-order valence-corrected chi connectivity index (χ1v) is 10.2. The zero-order chi connectivity index (χ0) is 21.6. The van der Waals surface area contributed by atoms with E-state index in [1.54, 1.807) is 37.3 Å². The van der Waals surface area contributed by atoms with Crippen LogP contribution in [-0.2, 0) is 16.1 Å². The van der Waals surface area contributed by atoms with Gasteiger partial charge in [-0.3, -0.25) is 9.59 Å². The van der Waals surface area contributed by atoms with Crippen molar-refractivity contribution in [3.63, 3.8) is 0 Å². The average Bonchev–Trinajstić information content (AvgIpc) is 2.67. The third kappa shape index (κ3) is 6.94. The van der Waals surface area contributed by atoms with Crippen LogP contribution >= 0.6 is 23.2 Å². The van der Waals surface area contributed by atoms with Gasteiger partial charge in [-0.1, -0.05) is 47.0 Å². The first-order valence-electron chi connectivity index (χ1n) is 9.40. The van der Waals surface area contributed by atoms with E-state index in [4.69, 9.17) is 27.9 Å². The van der Waals surface area contributed by atoms with E-state index >= 15 is 0 Å². The highest BCUT2D eigenvalue weighted by Crippen LogP contribution is 2.24. The highest BCUT2D eigenvalue weighted by atomic mass is 35.5. The number of benzene rings is 2. The molecule has 5 nitrogen and oxygen atoms in total.